The number of carbonyl (C=O) groups excluding carboxylic acids is 1. The van der Waals surface area contributed by atoms with Crippen molar-refractivity contribution in [1.29, 1.82) is 0 Å². The highest BCUT2D eigenvalue weighted by molar-refractivity contribution is 6.67. The summed E-state index contributed by atoms with van der Waals surface area (Å²) in [6.45, 7) is 0. The molecule has 16 heavy (non-hydrogen) atoms. The monoisotopic (exact) mass is 252 g/mol. The Labute approximate surface area is 91.6 Å². The number of nitrogens with zero attached hydrogens (tertiary/aromatic N) is 2. The summed E-state index contributed by atoms with van der Waals surface area (Å²) in [5, 5.41) is 18.1. The zero-order valence-corrected chi connectivity index (χ0v) is 8.11. The van der Waals surface area contributed by atoms with Crippen LogP contribution >= 0.6 is 11.6 Å². The minimum absolute atomic E-state index is 0.488. The Kier molecular flexibility index (Phi) is 3.33. The summed E-state index contributed by atoms with van der Waals surface area (Å²) in [5.41, 5.74) is -1.90. The number of aromatic hydroxyl groups is 1. The fourth-order valence-corrected chi connectivity index (χ4v) is 1.12. The van der Waals surface area contributed by atoms with E-state index in [2.05, 4.69) is 4.98 Å². The van der Waals surface area contributed by atoms with E-state index in [0.29, 0.717) is 6.07 Å². The van der Waals surface area contributed by atoms with Gasteiger partial charge in [0, 0.05) is 6.07 Å². The Hall–Kier alpha value is -1.83. The molecule has 1 N–H and O–H groups in total. The van der Waals surface area contributed by atoms with Crippen molar-refractivity contribution in [1.82, 2.24) is 4.98 Å². The predicted molar refractivity (Wildman–Crippen MR) is 47.7 cm³/mol. The summed E-state index contributed by atoms with van der Waals surface area (Å²) in [7, 11) is 0. The van der Waals surface area contributed by atoms with Crippen LogP contribution in [0.25, 0.3) is 0 Å². The maximum atomic E-state index is 12.4. The predicted octanol–water partition coefficient (Wildman–Crippen LogP) is 2.01. The molecule has 0 spiro atoms. The molecule has 0 radical (unpaired) electrons. The van der Waals surface area contributed by atoms with Crippen LogP contribution in [0.4, 0.5) is 14.6 Å². The first-order valence-corrected chi connectivity index (χ1v) is 4.08. The van der Waals surface area contributed by atoms with Crippen molar-refractivity contribution in [2.75, 3.05) is 0 Å². The molecule has 0 aromatic carbocycles. The maximum Gasteiger partial charge on any atom is 0.406 e. The van der Waals surface area contributed by atoms with Gasteiger partial charge in [0.25, 0.3) is 5.24 Å². The number of alkyl halides is 2. The van der Waals surface area contributed by atoms with Gasteiger partial charge in [0.05, 0.1) is 5.56 Å². The van der Waals surface area contributed by atoms with Crippen molar-refractivity contribution in [3.63, 3.8) is 0 Å². The molecule has 1 rings (SSSR count). The molecule has 9 heteroatoms. The topological polar surface area (TPSA) is 93.3 Å². The SMILES string of the molecule is O=C(Cl)c1cc(O)c([N+](=O)[O-])nc1C(F)F. The molecule has 0 unspecified atom stereocenters. The summed E-state index contributed by atoms with van der Waals surface area (Å²) in [5.74, 6) is -2.16. The molecule has 0 saturated carbocycles. The third kappa shape index (κ3) is 2.22. The second-order valence-electron chi connectivity index (χ2n) is 2.60. The van der Waals surface area contributed by atoms with Gasteiger partial charge >= 0.3 is 12.2 Å². The molecule has 0 aliphatic rings. The van der Waals surface area contributed by atoms with E-state index < -0.39 is 39.4 Å². The molecule has 1 aromatic rings. The molecule has 6 nitrogen and oxygen atoms in total. The zero-order chi connectivity index (χ0) is 12.5. The van der Waals surface area contributed by atoms with E-state index in [1.165, 1.54) is 0 Å². The second kappa shape index (κ2) is 4.35. The van der Waals surface area contributed by atoms with Gasteiger partial charge in [-0.05, 0) is 21.5 Å². The minimum atomic E-state index is -3.21. The molecular weight excluding hydrogens is 250 g/mol. The number of nitro groups is 1. The van der Waals surface area contributed by atoms with Crippen molar-refractivity contribution in [3.8, 4) is 5.75 Å². The van der Waals surface area contributed by atoms with Crippen LogP contribution in [-0.4, -0.2) is 20.3 Å². The molecule has 86 valence electrons. The Morgan fingerprint density at radius 2 is 2.19 bits per heavy atom. The van der Waals surface area contributed by atoms with E-state index >= 15 is 0 Å². The highest BCUT2D eigenvalue weighted by Gasteiger charge is 2.29. The lowest BCUT2D eigenvalue weighted by Gasteiger charge is -2.02. The van der Waals surface area contributed by atoms with Crippen molar-refractivity contribution in [3.05, 3.63) is 27.4 Å². The number of aromatic nitrogens is 1. The van der Waals surface area contributed by atoms with E-state index in [1.54, 1.807) is 0 Å². The number of rotatable bonds is 3. The first-order chi connectivity index (χ1) is 7.34. The van der Waals surface area contributed by atoms with E-state index in [9.17, 15) is 23.7 Å². The summed E-state index contributed by atoms with van der Waals surface area (Å²) in [6, 6.07) is 0.488. The van der Waals surface area contributed by atoms with Crippen molar-refractivity contribution in [2.24, 2.45) is 0 Å². The number of hydrogen-bond acceptors (Lipinski definition) is 5. The van der Waals surface area contributed by atoms with Crippen LogP contribution in [0.15, 0.2) is 6.07 Å². The molecule has 0 aliphatic heterocycles. The molecule has 1 heterocycles. The molecular formula is C7H3ClF2N2O4. The number of carbonyl (C=O) groups is 1. The smallest absolute Gasteiger partial charge is 0.406 e. The van der Waals surface area contributed by atoms with Gasteiger partial charge in [-0.3, -0.25) is 4.79 Å². The summed E-state index contributed by atoms with van der Waals surface area (Å²) < 4.78 is 24.8. The lowest BCUT2D eigenvalue weighted by molar-refractivity contribution is -0.390. The first-order valence-electron chi connectivity index (χ1n) is 3.71. The Morgan fingerprint density at radius 3 is 2.56 bits per heavy atom. The third-order valence-corrected chi connectivity index (χ3v) is 1.81. The highest BCUT2D eigenvalue weighted by atomic mass is 35.5. The zero-order valence-electron chi connectivity index (χ0n) is 7.35. The van der Waals surface area contributed by atoms with E-state index in [0.717, 1.165) is 0 Å². The van der Waals surface area contributed by atoms with Gasteiger partial charge < -0.3 is 15.2 Å². The fourth-order valence-electron chi connectivity index (χ4n) is 0.965. The van der Waals surface area contributed by atoms with Crippen LogP contribution in [-0.2, 0) is 0 Å². The summed E-state index contributed by atoms with van der Waals surface area (Å²) in [4.78, 5) is 22.8. The molecule has 1 aromatic heterocycles. The van der Waals surface area contributed by atoms with Crippen molar-refractivity contribution >= 4 is 22.7 Å². The fraction of sp³-hybridized carbons (Fsp3) is 0.143. The molecule has 0 aliphatic carbocycles. The number of halogens is 3. The maximum absolute atomic E-state index is 12.4. The van der Waals surface area contributed by atoms with Gasteiger partial charge in [-0.15, -0.1) is 0 Å². The van der Waals surface area contributed by atoms with Gasteiger partial charge in [-0.25, -0.2) is 8.78 Å². The third-order valence-electron chi connectivity index (χ3n) is 1.60. The molecule has 0 bridgehead atoms. The average Bonchev–Trinajstić information content (AvgIpc) is 2.15. The van der Waals surface area contributed by atoms with Crippen molar-refractivity contribution in [2.45, 2.75) is 6.43 Å². The minimum Gasteiger partial charge on any atom is -0.501 e. The number of pyridine rings is 1. The van der Waals surface area contributed by atoms with Gasteiger partial charge in [-0.1, -0.05) is 0 Å². The first kappa shape index (κ1) is 12.2. The summed E-state index contributed by atoms with van der Waals surface area (Å²) >= 11 is 4.96. The van der Waals surface area contributed by atoms with Crippen LogP contribution in [0.2, 0.25) is 0 Å². The quantitative estimate of drug-likeness (QED) is 0.504. The van der Waals surface area contributed by atoms with Gasteiger partial charge in [0.15, 0.2) is 0 Å². The Bertz CT molecular complexity index is 466. The van der Waals surface area contributed by atoms with Gasteiger partial charge in [0.2, 0.25) is 11.4 Å². The summed E-state index contributed by atoms with van der Waals surface area (Å²) in [6.07, 6.45) is -3.21. The van der Waals surface area contributed by atoms with Crippen LogP contribution < -0.4 is 0 Å². The standard InChI is InChI=1S/C7H3ClF2N2O4/c8-5(14)2-1-3(13)7(12(15)16)11-4(2)6(9)10/h1,6,13H. The van der Waals surface area contributed by atoms with Crippen LogP contribution in [0.1, 0.15) is 22.5 Å². The lowest BCUT2D eigenvalue weighted by atomic mass is 10.2. The molecule has 0 amide bonds. The Morgan fingerprint density at radius 1 is 1.62 bits per heavy atom. The van der Waals surface area contributed by atoms with Crippen LogP contribution in [0.5, 0.6) is 5.75 Å². The second-order valence-corrected chi connectivity index (χ2v) is 2.94. The molecule has 0 fully saturated rings. The van der Waals surface area contributed by atoms with E-state index in [4.69, 9.17) is 16.7 Å². The Balaban J connectivity index is 3.49. The van der Waals surface area contributed by atoms with Crippen LogP contribution in [0, 0.1) is 10.1 Å². The van der Waals surface area contributed by atoms with Gasteiger partial charge in [0.1, 0.15) is 0 Å². The van der Waals surface area contributed by atoms with Crippen molar-refractivity contribution < 1.29 is 23.6 Å². The van der Waals surface area contributed by atoms with Crippen LogP contribution in [0.3, 0.4) is 0 Å². The van der Waals surface area contributed by atoms with Gasteiger partial charge in [-0.2, -0.15) is 0 Å². The molecule has 0 saturated heterocycles. The average molecular weight is 253 g/mol. The molecule has 0 atom stereocenters. The van der Waals surface area contributed by atoms with E-state index in [-0.39, 0.29) is 0 Å². The lowest BCUT2D eigenvalue weighted by Crippen LogP contribution is -2.04. The highest BCUT2D eigenvalue weighted by Crippen LogP contribution is 2.31. The normalized spacial score (nSPS) is 10.5. The number of hydrogen-bond donors (Lipinski definition) is 1. The van der Waals surface area contributed by atoms with E-state index in [1.807, 2.05) is 0 Å². The largest absolute Gasteiger partial charge is 0.501 e.